The third-order valence-corrected chi connectivity index (χ3v) is 3.65. The van der Waals surface area contributed by atoms with Crippen LogP contribution in [-0.2, 0) is 6.54 Å². The number of benzene rings is 1. The maximum atomic E-state index is 12.6. The van der Waals surface area contributed by atoms with Gasteiger partial charge in [0, 0.05) is 12.7 Å². The number of anilines is 1. The number of hydrogen-bond acceptors (Lipinski definition) is 4. The Morgan fingerprint density at radius 3 is 2.48 bits per heavy atom. The van der Waals surface area contributed by atoms with E-state index in [1.165, 1.54) is 4.90 Å². The lowest BCUT2D eigenvalue weighted by Crippen LogP contribution is -2.29. The quantitative estimate of drug-likeness (QED) is 0.778. The SMILES string of the molecule is CN(C(=O)c1cccc(C(=O)NCc2ccco2)n1)c1ccccc1. The molecule has 0 aliphatic carbocycles. The predicted octanol–water partition coefficient (Wildman–Crippen LogP) is 2.88. The van der Waals surface area contributed by atoms with Gasteiger partial charge >= 0.3 is 0 Å². The van der Waals surface area contributed by atoms with Crippen LogP contribution in [0, 0.1) is 0 Å². The van der Waals surface area contributed by atoms with Gasteiger partial charge in [-0.15, -0.1) is 0 Å². The number of furan rings is 1. The number of aromatic nitrogens is 1. The van der Waals surface area contributed by atoms with Gasteiger partial charge in [-0.3, -0.25) is 9.59 Å². The summed E-state index contributed by atoms with van der Waals surface area (Å²) in [7, 11) is 1.67. The van der Waals surface area contributed by atoms with Crippen molar-refractivity contribution in [2.24, 2.45) is 0 Å². The van der Waals surface area contributed by atoms with Crippen molar-refractivity contribution in [2.45, 2.75) is 6.54 Å². The van der Waals surface area contributed by atoms with E-state index < -0.39 is 0 Å². The molecule has 0 unspecified atom stereocenters. The molecular weight excluding hydrogens is 318 g/mol. The average Bonchev–Trinajstić information content (AvgIpc) is 3.19. The number of nitrogens with zero attached hydrogens (tertiary/aromatic N) is 2. The summed E-state index contributed by atoms with van der Waals surface area (Å²) in [6, 6.07) is 17.6. The molecule has 0 spiro atoms. The zero-order chi connectivity index (χ0) is 17.6. The highest BCUT2D eigenvalue weighted by molar-refractivity contribution is 6.05. The number of pyridine rings is 1. The number of rotatable bonds is 5. The first-order valence-corrected chi connectivity index (χ1v) is 7.76. The van der Waals surface area contributed by atoms with Crippen LogP contribution in [0.3, 0.4) is 0 Å². The summed E-state index contributed by atoms with van der Waals surface area (Å²) in [4.78, 5) is 30.5. The summed E-state index contributed by atoms with van der Waals surface area (Å²) in [6.07, 6.45) is 1.54. The molecule has 2 amide bonds. The maximum absolute atomic E-state index is 12.6. The van der Waals surface area contributed by atoms with Crippen LogP contribution in [0.5, 0.6) is 0 Å². The highest BCUT2D eigenvalue weighted by atomic mass is 16.3. The summed E-state index contributed by atoms with van der Waals surface area (Å²) in [6.45, 7) is 0.260. The molecule has 3 rings (SSSR count). The molecule has 6 heteroatoms. The molecule has 2 aromatic heterocycles. The van der Waals surface area contributed by atoms with E-state index in [-0.39, 0.29) is 29.7 Å². The molecule has 0 atom stereocenters. The molecule has 1 N–H and O–H groups in total. The van der Waals surface area contributed by atoms with E-state index in [0.717, 1.165) is 5.69 Å². The Morgan fingerprint density at radius 1 is 1.00 bits per heavy atom. The van der Waals surface area contributed by atoms with E-state index in [2.05, 4.69) is 10.3 Å². The highest BCUT2D eigenvalue weighted by Crippen LogP contribution is 2.14. The third kappa shape index (κ3) is 3.92. The number of hydrogen-bond donors (Lipinski definition) is 1. The van der Waals surface area contributed by atoms with Crippen molar-refractivity contribution in [3.63, 3.8) is 0 Å². The maximum Gasteiger partial charge on any atom is 0.276 e. The lowest BCUT2D eigenvalue weighted by atomic mass is 10.2. The second-order valence-electron chi connectivity index (χ2n) is 5.37. The Kier molecular flexibility index (Phi) is 4.89. The Labute approximate surface area is 145 Å². The number of carbonyl (C=O) groups excluding carboxylic acids is 2. The molecule has 25 heavy (non-hydrogen) atoms. The van der Waals surface area contributed by atoms with Crippen LogP contribution in [-0.4, -0.2) is 23.8 Å². The normalized spacial score (nSPS) is 10.3. The van der Waals surface area contributed by atoms with Crippen molar-refractivity contribution in [1.82, 2.24) is 10.3 Å². The van der Waals surface area contributed by atoms with Gasteiger partial charge in [0.15, 0.2) is 0 Å². The smallest absolute Gasteiger partial charge is 0.276 e. The largest absolute Gasteiger partial charge is 0.467 e. The third-order valence-electron chi connectivity index (χ3n) is 3.65. The van der Waals surface area contributed by atoms with Gasteiger partial charge in [0.1, 0.15) is 17.1 Å². The zero-order valence-corrected chi connectivity index (χ0v) is 13.7. The lowest BCUT2D eigenvalue weighted by Gasteiger charge is -2.17. The standard InChI is InChI=1S/C19H17N3O3/c1-22(14-7-3-2-4-8-14)19(24)17-11-5-10-16(21-17)18(23)20-13-15-9-6-12-25-15/h2-12H,13H2,1H3,(H,20,23). The fraction of sp³-hybridized carbons (Fsp3) is 0.105. The Morgan fingerprint density at radius 2 is 1.76 bits per heavy atom. The highest BCUT2D eigenvalue weighted by Gasteiger charge is 2.17. The van der Waals surface area contributed by atoms with Gasteiger partial charge in [-0.1, -0.05) is 24.3 Å². The molecular formula is C19H17N3O3. The summed E-state index contributed by atoms with van der Waals surface area (Å²) in [5.74, 6) is -0.00955. The van der Waals surface area contributed by atoms with E-state index in [9.17, 15) is 9.59 Å². The Hall–Kier alpha value is -3.41. The molecule has 0 bridgehead atoms. The summed E-state index contributed by atoms with van der Waals surface area (Å²) < 4.78 is 5.17. The van der Waals surface area contributed by atoms with E-state index >= 15 is 0 Å². The van der Waals surface area contributed by atoms with Crippen LogP contribution in [0.1, 0.15) is 26.7 Å². The van der Waals surface area contributed by atoms with Crippen LogP contribution < -0.4 is 10.2 Å². The minimum absolute atomic E-state index is 0.180. The Bertz CT molecular complexity index is 861. The fourth-order valence-corrected chi connectivity index (χ4v) is 2.29. The predicted molar refractivity (Wildman–Crippen MR) is 93.3 cm³/mol. The number of amides is 2. The van der Waals surface area contributed by atoms with E-state index in [4.69, 9.17) is 4.42 Å². The molecule has 0 saturated heterocycles. The second-order valence-corrected chi connectivity index (χ2v) is 5.37. The van der Waals surface area contributed by atoms with E-state index in [1.54, 1.807) is 43.6 Å². The minimum Gasteiger partial charge on any atom is -0.467 e. The van der Waals surface area contributed by atoms with Gasteiger partial charge in [-0.25, -0.2) is 4.98 Å². The first kappa shape index (κ1) is 16.4. The van der Waals surface area contributed by atoms with Crippen LogP contribution in [0.2, 0.25) is 0 Å². The van der Waals surface area contributed by atoms with Gasteiger partial charge in [0.05, 0.1) is 12.8 Å². The molecule has 126 valence electrons. The van der Waals surface area contributed by atoms with Crippen molar-refractivity contribution in [1.29, 1.82) is 0 Å². The van der Waals surface area contributed by atoms with Crippen LogP contribution in [0.25, 0.3) is 0 Å². The topological polar surface area (TPSA) is 75.4 Å². The van der Waals surface area contributed by atoms with Crippen molar-refractivity contribution in [2.75, 3.05) is 11.9 Å². The summed E-state index contributed by atoms with van der Waals surface area (Å²) in [5, 5.41) is 2.71. The van der Waals surface area contributed by atoms with Crippen LogP contribution >= 0.6 is 0 Å². The number of nitrogens with one attached hydrogen (secondary N) is 1. The lowest BCUT2D eigenvalue weighted by molar-refractivity contribution is 0.0942. The Balaban J connectivity index is 1.72. The van der Waals surface area contributed by atoms with Gasteiger partial charge in [-0.2, -0.15) is 0 Å². The van der Waals surface area contributed by atoms with Crippen molar-refractivity contribution >= 4 is 17.5 Å². The average molecular weight is 335 g/mol. The zero-order valence-electron chi connectivity index (χ0n) is 13.7. The second kappa shape index (κ2) is 7.44. The van der Waals surface area contributed by atoms with Crippen LogP contribution in [0.15, 0.2) is 71.3 Å². The molecule has 6 nitrogen and oxygen atoms in total. The van der Waals surface area contributed by atoms with Gasteiger partial charge in [0.2, 0.25) is 0 Å². The van der Waals surface area contributed by atoms with Crippen molar-refractivity contribution in [3.05, 3.63) is 84.1 Å². The van der Waals surface area contributed by atoms with Gasteiger partial charge < -0.3 is 14.6 Å². The number of para-hydroxylation sites is 1. The molecule has 0 radical (unpaired) electrons. The monoisotopic (exact) mass is 335 g/mol. The van der Waals surface area contributed by atoms with Gasteiger partial charge in [0.25, 0.3) is 11.8 Å². The molecule has 1 aromatic carbocycles. The first-order chi connectivity index (χ1) is 12.1. The first-order valence-electron chi connectivity index (χ1n) is 7.76. The molecule has 3 aromatic rings. The number of carbonyl (C=O) groups is 2. The van der Waals surface area contributed by atoms with Gasteiger partial charge in [-0.05, 0) is 36.4 Å². The molecule has 0 fully saturated rings. The summed E-state index contributed by atoms with van der Waals surface area (Å²) in [5.41, 5.74) is 1.14. The molecule has 2 heterocycles. The van der Waals surface area contributed by atoms with Crippen molar-refractivity contribution < 1.29 is 14.0 Å². The van der Waals surface area contributed by atoms with Crippen LogP contribution in [0.4, 0.5) is 5.69 Å². The molecule has 0 aliphatic heterocycles. The summed E-state index contributed by atoms with van der Waals surface area (Å²) >= 11 is 0. The van der Waals surface area contributed by atoms with E-state index in [1.807, 2.05) is 30.3 Å². The van der Waals surface area contributed by atoms with Crippen molar-refractivity contribution in [3.8, 4) is 0 Å². The molecule has 0 saturated carbocycles. The minimum atomic E-state index is -0.367. The van der Waals surface area contributed by atoms with E-state index in [0.29, 0.717) is 5.76 Å². The molecule has 0 aliphatic rings. The fourth-order valence-electron chi connectivity index (χ4n) is 2.29.